The molecule has 3 nitrogen and oxygen atoms in total. The number of fused-ring (bicyclic) bond motifs is 1. The van der Waals surface area contributed by atoms with Crippen LogP contribution in [-0.2, 0) is 6.54 Å². The van der Waals surface area contributed by atoms with Crippen molar-refractivity contribution in [2.45, 2.75) is 39.3 Å². The largest absolute Gasteiger partial charge is 0.321 e. The Morgan fingerprint density at radius 2 is 2.06 bits per heavy atom. The van der Waals surface area contributed by atoms with E-state index in [4.69, 9.17) is 0 Å². The molecule has 1 aliphatic carbocycles. The third-order valence-corrected chi connectivity index (χ3v) is 3.53. The molecular weight excluding hydrogens is 224 g/mol. The summed E-state index contributed by atoms with van der Waals surface area (Å²) in [6.07, 6.45) is 2.48. The normalized spacial score (nSPS) is 15.2. The number of aromatic amines is 1. The van der Waals surface area contributed by atoms with E-state index in [1.807, 2.05) is 13.0 Å². The van der Waals surface area contributed by atoms with E-state index in [1.54, 1.807) is 0 Å². The molecule has 0 radical (unpaired) electrons. The van der Waals surface area contributed by atoms with E-state index in [0.29, 0.717) is 12.6 Å². The smallest absolute Gasteiger partial charge is 0.252 e. The van der Waals surface area contributed by atoms with E-state index in [0.717, 1.165) is 22.0 Å². The first-order valence-corrected chi connectivity index (χ1v) is 6.50. The minimum absolute atomic E-state index is 0.0302. The SMILES string of the molecule is Cc1cc(C)c2[nH]c(=O)c(CNC3CC3)cc2c1. The number of nitrogens with one attached hydrogen (secondary N) is 2. The Balaban J connectivity index is 2.04. The molecule has 0 bridgehead atoms. The molecule has 0 aliphatic heterocycles. The third kappa shape index (κ3) is 2.18. The van der Waals surface area contributed by atoms with E-state index < -0.39 is 0 Å². The predicted octanol–water partition coefficient (Wildman–Crippen LogP) is 2.40. The summed E-state index contributed by atoms with van der Waals surface area (Å²) in [4.78, 5) is 15.0. The topological polar surface area (TPSA) is 44.9 Å². The standard InChI is InChI=1S/C15H18N2O/c1-9-5-10(2)14-11(6-9)7-12(15(18)17-14)8-16-13-3-4-13/h5-7,13,16H,3-4,8H2,1-2H3,(H,17,18). The second-order valence-corrected chi connectivity index (χ2v) is 5.32. The fourth-order valence-corrected chi connectivity index (χ4v) is 2.41. The molecule has 1 aliphatic rings. The molecule has 3 rings (SSSR count). The maximum absolute atomic E-state index is 12.0. The van der Waals surface area contributed by atoms with Gasteiger partial charge in [-0.05, 0) is 49.8 Å². The van der Waals surface area contributed by atoms with Crippen LogP contribution in [0.2, 0.25) is 0 Å². The highest BCUT2D eigenvalue weighted by Crippen LogP contribution is 2.20. The van der Waals surface area contributed by atoms with E-state index >= 15 is 0 Å². The van der Waals surface area contributed by atoms with Crippen molar-refractivity contribution in [1.29, 1.82) is 0 Å². The molecule has 0 amide bonds. The molecule has 1 heterocycles. The summed E-state index contributed by atoms with van der Waals surface area (Å²) in [7, 11) is 0. The third-order valence-electron chi connectivity index (χ3n) is 3.53. The zero-order valence-electron chi connectivity index (χ0n) is 10.8. The van der Waals surface area contributed by atoms with Crippen LogP contribution in [0, 0.1) is 13.8 Å². The maximum atomic E-state index is 12.0. The van der Waals surface area contributed by atoms with Gasteiger partial charge in [-0.15, -0.1) is 0 Å². The lowest BCUT2D eigenvalue weighted by atomic mass is 10.1. The summed E-state index contributed by atoms with van der Waals surface area (Å²) in [6, 6.07) is 6.86. The van der Waals surface area contributed by atoms with Crippen molar-refractivity contribution < 1.29 is 0 Å². The monoisotopic (exact) mass is 242 g/mol. The molecule has 94 valence electrons. The average molecular weight is 242 g/mol. The van der Waals surface area contributed by atoms with Gasteiger partial charge in [0.2, 0.25) is 0 Å². The lowest BCUT2D eigenvalue weighted by molar-refractivity contribution is 0.683. The first-order chi connectivity index (χ1) is 8.63. The molecular formula is C15H18N2O. The van der Waals surface area contributed by atoms with Crippen molar-refractivity contribution in [1.82, 2.24) is 10.3 Å². The Bertz CT molecular complexity index is 653. The molecule has 3 heteroatoms. The second-order valence-electron chi connectivity index (χ2n) is 5.32. The molecule has 2 aromatic rings. The van der Waals surface area contributed by atoms with Crippen LogP contribution in [0.1, 0.15) is 29.5 Å². The van der Waals surface area contributed by atoms with Crippen LogP contribution in [0.5, 0.6) is 0 Å². The van der Waals surface area contributed by atoms with Crippen LogP contribution in [0.3, 0.4) is 0 Å². The van der Waals surface area contributed by atoms with Gasteiger partial charge in [0.05, 0.1) is 5.52 Å². The molecule has 1 saturated carbocycles. The number of aromatic nitrogens is 1. The minimum Gasteiger partial charge on any atom is -0.321 e. The number of pyridine rings is 1. The van der Waals surface area contributed by atoms with E-state index in [-0.39, 0.29) is 5.56 Å². The Labute approximate surface area is 106 Å². The summed E-state index contributed by atoms with van der Waals surface area (Å²) in [6.45, 7) is 4.79. The van der Waals surface area contributed by atoms with Crippen molar-refractivity contribution in [2.24, 2.45) is 0 Å². The molecule has 1 fully saturated rings. The van der Waals surface area contributed by atoms with Gasteiger partial charge in [-0.3, -0.25) is 4.79 Å². The molecule has 18 heavy (non-hydrogen) atoms. The number of benzene rings is 1. The van der Waals surface area contributed by atoms with Crippen molar-refractivity contribution in [2.75, 3.05) is 0 Å². The van der Waals surface area contributed by atoms with Crippen LogP contribution in [0.15, 0.2) is 23.0 Å². The van der Waals surface area contributed by atoms with Crippen LogP contribution < -0.4 is 10.9 Å². The quantitative estimate of drug-likeness (QED) is 0.868. The molecule has 0 spiro atoms. The summed E-state index contributed by atoms with van der Waals surface area (Å²) in [5, 5.41) is 4.51. The Hall–Kier alpha value is -1.61. The summed E-state index contributed by atoms with van der Waals surface area (Å²) >= 11 is 0. The predicted molar refractivity (Wildman–Crippen MR) is 73.9 cm³/mol. The maximum Gasteiger partial charge on any atom is 0.252 e. The van der Waals surface area contributed by atoms with Crippen molar-refractivity contribution in [3.8, 4) is 0 Å². The summed E-state index contributed by atoms with van der Waals surface area (Å²) in [5.41, 5.74) is 4.18. The Morgan fingerprint density at radius 1 is 1.28 bits per heavy atom. The average Bonchev–Trinajstić information content (AvgIpc) is 3.11. The molecule has 0 atom stereocenters. The van der Waals surface area contributed by atoms with Crippen LogP contribution >= 0.6 is 0 Å². The lowest BCUT2D eigenvalue weighted by Crippen LogP contribution is -2.22. The van der Waals surface area contributed by atoms with Gasteiger partial charge in [0, 0.05) is 18.2 Å². The highest BCUT2D eigenvalue weighted by molar-refractivity contribution is 5.82. The molecule has 1 aromatic carbocycles. The van der Waals surface area contributed by atoms with Crippen molar-refractivity contribution in [3.05, 3.63) is 45.2 Å². The Kier molecular flexibility index (Phi) is 2.71. The molecule has 0 unspecified atom stereocenters. The van der Waals surface area contributed by atoms with Gasteiger partial charge in [-0.2, -0.15) is 0 Å². The second kappa shape index (κ2) is 4.25. The van der Waals surface area contributed by atoms with Crippen LogP contribution in [0.25, 0.3) is 10.9 Å². The zero-order chi connectivity index (χ0) is 12.7. The highest BCUT2D eigenvalue weighted by atomic mass is 16.1. The van der Waals surface area contributed by atoms with Gasteiger partial charge in [-0.1, -0.05) is 11.6 Å². The minimum atomic E-state index is 0.0302. The van der Waals surface area contributed by atoms with Gasteiger partial charge in [0.1, 0.15) is 0 Å². The summed E-state index contributed by atoms with van der Waals surface area (Å²) in [5.74, 6) is 0. The van der Waals surface area contributed by atoms with Gasteiger partial charge >= 0.3 is 0 Å². The van der Waals surface area contributed by atoms with E-state index in [1.165, 1.54) is 18.4 Å². The zero-order valence-corrected chi connectivity index (χ0v) is 10.8. The molecule has 2 N–H and O–H groups in total. The van der Waals surface area contributed by atoms with Crippen LogP contribution in [0.4, 0.5) is 0 Å². The number of hydrogen-bond donors (Lipinski definition) is 2. The number of rotatable bonds is 3. The molecule has 1 aromatic heterocycles. The van der Waals surface area contributed by atoms with Gasteiger partial charge in [0.25, 0.3) is 5.56 Å². The van der Waals surface area contributed by atoms with Crippen LogP contribution in [-0.4, -0.2) is 11.0 Å². The van der Waals surface area contributed by atoms with Crippen molar-refractivity contribution in [3.63, 3.8) is 0 Å². The van der Waals surface area contributed by atoms with Gasteiger partial charge in [0.15, 0.2) is 0 Å². The first-order valence-electron chi connectivity index (χ1n) is 6.50. The fourth-order valence-electron chi connectivity index (χ4n) is 2.41. The van der Waals surface area contributed by atoms with E-state index in [2.05, 4.69) is 29.4 Å². The number of hydrogen-bond acceptors (Lipinski definition) is 2. The van der Waals surface area contributed by atoms with E-state index in [9.17, 15) is 4.79 Å². The number of aryl methyl sites for hydroxylation is 2. The number of H-pyrrole nitrogens is 1. The Morgan fingerprint density at radius 3 is 2.78 bits per heavy atom. The van der Waals surface area contributed by atoms with Crippen molar-refractivity contribution >= 4 is 10.9 Å². The first kappa shape index (κ1) is 11.5. The van der Waals surface area contributed by atoms with Gasteiger partial charge < -0.3 is 10.3 Å². The van der Waals surface area contributed by atoms with Gasteiger partial charge in [-0.25, -0.2) is 0 Å². The summed E-state index contributed by atoms with van der Waals surface area (Å²) < 4.78 is 0. The fraction of sp³-hybridized carbons (Fsp3) is 0.400. The molecule has 0 saturated heterocycles. The highest BCUT2D eigenvalue weighted by Gasteiger charge is 2.20. The lowest BCUT2D eigenvalue weighted by Gasteiger charge is -2.07.